The van der Waals surface area contributed by atoms with E-state index in [0.717, 1.165) is 0 Å². The molecule has 0 rings (SSSR count). The van der Waals surface area contributed by atoms with Gasteiger partial charge >= 0.3 is 29.0 Å². The van der Waals surface area contributed by atoms with Crippen LogP contribution in [0.4, 0.5) is 0 Å². The number of rotatable bonds is 4. The van der Waals surface area contributed by atoms with Crippen LogP contribution in [-0.2, 0) is 37.1 Å². The molecule has 0 unspecified atom stereocenters. The van der Waals surface area contributed by atoms with Crippen LogP contribution in [0.15, 0.2) is 0 Å². The summed E-state index contributed by atoms with van der Waals surface area (Å²) in [5.41, 5.74) is 5.00. The molecular formula is C5H9CuNO8S. The Labute approximate surface area is 102 Å². The normalized spacial score (nSPS) is 11.4. The maximum atomic E-state index is 9.99. The van der Waals surface area contributed by atoms with Crippen LogP contribution >= 0.6 is 0 Å². The van der Waals surface area contributed by atoms with Crippen molar-refractivity contribution in [2.75, 3.05) is 0 Å². The number of carboxylic acid groups (broad SMARTS) is 2. The number of hydrogen-bond acceptors (Lipinski definition) is 7. The molecule has 0 aromatic carbocycles. The molecule has 1 radical (unpaired) electrons. The molecule has 0 aliphatic heterocycles. The first-order chi connectivity index (χ1) is 6.54. The van der Waals surface area contributed by atoms with Crippen molar-refractivity contribution in [3.05, 3.63) is 0 Å². The van der Waals surface area contributed by atoms with E-state index in [0.29, 0.717) is 0 Å². The maximum absolute atomic E-state index is 9.99. The molecule has 0 bridgehead atoms. The van der Waals surface area contributed by atoms with Gasteiger partial charge < -0.3 is 25.1 Å². The Balaban J connectivity index is -0.000000242. The summed E-state index contributed by atoms with van der Waals surface area (Å²) >= 11 is 0. The molecule has 0 saturated heterocycles. The van der Waals surface area contributed by atoms with Crippen molar-refractivity contribution in [1.82, 2.24) is 0 Å². The zero-order valence-corrected chi connectivity index (χ0v) is 9.38. The zero-order valence-electron chi connectivity index (χ0n) is 7.62. The third-order valence-electron chi connectivity index (χ3n) is 0.986. The van der Waals surface area contributed by atoms with Gasteiger partial charge in [-0.15, -0.1) is 0 Å². The van der Waals surface area contributed by atoms with Crippen LogP contribution < -0.4 is 5.73 Å². The van der Waals surface area contributed by atoms with Gasteiger partial charge in [0.05, 0.1) is 0 Å². The van der Waals surface area contributed by atoms with Crippen LogP contribution in [-0.4, -0.2) is 45.7 Å². The third-order valence-corrected chi connectivity index (χ3v) is 0.986. The Hall–Kier alpha value is -0.711. The average molecular weight is 307 g/mol. The summed E-state index contributed by atoms with van der Waals surface area (Å²) in [6, 6.07) is -1.06. The van der Waals surface area contributed by atoms with Crippen LogP contribution in [0, 0.1) is 0 Å². The molecule has 0 fully saturated rings. The van der Waals surface area contributed by atoms with Gasteiger partial charge in [-0.05, 0) is 6.42 Å². The monoisotopic (exact) mass is 306 g/mol. The van der Waals surface area contributed by atoms with Crippen molar-refractivity contribution in [3.8, 4) is 0 Å². The van der Waals surface area contributed by atoms with Crippen molar-refractivity contribution < 1.29 is 54.4 Å². The van der Waals surface area contributed by atoms with E-state index in [1.165, 1.54) is 0 Å². The molecule has 0 spiro atoms. The molecule has 4 N–H and O–H groups in total. The van der Waals surface area contributed by atoms with Crippen LogP contribution in [0.1, 0.15) is 12.8 Å². The van der Waals surface area contributed by atoms with Crippen molar-refractivity contribution >= 4 is 22.3 Å². The van der Waals surface area contributed by atoms with Crippen molar-refractivity contribution in [2.45, 2.75) is 18.9 Å². The van der Waals surface area contributed by atoms with E-state index in [4.69, 9.17) is 33.5 Å². The van der Waals surface area contributed by atoms with E-state index in [9.17, 15) is 9.59 Å². The van der Waals surface area contributed by atoms with Gasteiger partial charge in [0.25, 0.3) is 0 Å². The molecule has 11 heteroatoms. The van der Waals surface area contributed by atoms with Gasteiger partial charge in [0.2, 0.25) is 0 Å². The van der Waals surface area contributed by atoms with Gasteiger partial charge in [-0.2, -0.15) is 0 Å². The third kappa shape index (κ3) is 29.2. The molecule has 0 aliphatic carbocycles. The molecule has 16 heavy (non-hydrogen) atoms. The molecule has 0 heterocycles. The first-order valence-corrected chi connectivity index (χ1v) is 4.74. The molecule has 0 aromatic rings. The summed E-state index contributed by atoms with van der Waals surface area (Å²) in [6.45, 7) is 0. The second-order valence-corrected chi connectivity index (χ2v) is 3.10. The Morgan fingerprint density at radius 2 is 1.56 bits per heavy atom. The fourth-order valence-electron chi connectivity index (χ4n) is 0.402. The van der Waals surface area contributed by atoms with Gasteiger partial charge in [-0.1, -0.05) is 0 Å². The second kappa shape index (κ2) is 9.51. The number of aliphatic carboxylic acids is 2. The van der Waals surface area contributed by atoms with Crippen LogP contribution in [0.3, 0.4) is 0 Å². The molecule has 0 aromatic heterocycles. The van der Waals surface area contributed by atoms with Gasteiger partial charge in [0.1, 0.15) is 6.04 Å². The summed E-state index contributed by atoms with van der Waals surface area (Å²) in [7, 11) is -5.17. The largest absolute Gasteiger partial charge is 2.00 e. The zero-order chi connectivity index (χ0) is 12.6. The fourth-order valence-corrected chi connectivity index (χ4v) is 0.402. The van der Waals surface area contributed by atoms with Crippen molar-refractivity contribution in [3.63, 3.8) is 0 Å². The number of nitrogens with two attached hydrogens (primary N) is 1. The van der Waals surface area contributed by atoms with Crippen LogP contribution in [0.2, 0.25) is 0 Å². The summed E-state index contributed by atoms with van der Waals surface area (Å²) in [4.78, 5) is 19.9. The second-order valence-electron chi connectivity index (χ2n) is 2.29. The van der Waals surface area contributed by atoms with Crippen molar-refractivity contribution in [1.29, 1.82) is 0 Å². The molecule has 9 nitrogen and oxygen atoms in total. The van der Waals surface area contributed by atoms with Crippen LogP contribution in [0.25, 0.3) is 0 Å². The Bertz CT molecular complexity index is 306. The number of carbonyl (C=O) groups is 2. The summed E-state index contributed by atoms with van der Waals surface area (Å²) in [6.07, 6.45) is -0.224. The summed E-state index contributed by atoms with van der Waals surface area (Å²) in [5, 5.41) is 16.3. The number of hydrogen-bond donors (Lipinski definition) is 3. The minimum absolute atomic E-state index is 0. The first kappa shape index (κ1) is 20.7. The average Bonchev–Trinajstić information content (AvgIpc) is 1.96. The topological polar surface area (TPSA) is 181 Å². The smallest absolute Gasteiger partial charge is 0.759 e. The van der Waals surface area contributed by atoms with Crippen molar-refractivity contribution in [2.24, 2.45) is 5.73 Å². The predicted molar refractivity (Wildman–Crippen MR) is 43.0 cm³/mol. The molecule has 99 valence electrons. The maximum Gasteiger partial charge on any atom is 2.00 e. The SMILES string of the molecule is N[C@@H](CCC(=O)O)C(=O)O.O=S(=O)([O-])[O-].[Cu+2]. The quantitative estimate of drug-likeness (QED) is 0.298. The molecule has 0 aliphatic rings. The summed E-state index contributed by atoms with van der Waals surface area (Å²) < 4.78 is 34.1. The fraction of sp³-hybridized carbons (Fsp3) is 0.600. The minimum atomic E-state index is -5.17. The van der Waals surface area contributed by atoms with Crippen LogP contribution in [0.5, 0.6) is 0 Å². The molecule has 0 amide bonds. The van der Waals surface area contributed by atoms with E-state index >= 15 is 0 Å². The van der Waals surface area contributed by atoms with Gasteiger partial charge in [-0.3, -0.25) is 18.0 Å². The molecule has 1 atom stereocenters. The van der Waals surface area contributed by atoms with E-state index in [1.54, 1.807) is 0 Å². The van der Waals surface area contributed by atoms with Gasteiger partial charge in [0.15, 0.2) is 0 Å². The minimum Gasteiger partial charge on any atom is -0.759 e. The first-order valence-electron chi connectivity index (χ1n) is 3.41. The molecule has 0 saturated carbocycles. The van der Waals surface area contributed by atoms with E-state index in [1.807, 2.05) is 0 Å². The Morgan fingerprint density at radius 3 is 1.75 bits per heavy atom. The van der Waals surface area contributed by atoms with E-state index in [-0.39, 0.29) is 29.9 Å². The molecular weight excluding hydrogens is 298 g/mol. The Kier molecular flexibility index (Phi) is 12.3. The standard InChI is InChI=1S/C5H9NO4.Cu.H2O4S/c6-3(5(9)10)1-2-4(7)8;;1-5(2,3)4/h3H,1-2,6H2,(H,7,8)(H,9,10);;(H2,1,2,3,4)/q;+2;/p-2/t3-;;/m0../s1. The Morgan fingerprint density at radius 1 is 1.25 bits per heavy atom. The van der Waals surface area contributed by atoms with E-state index in [2.05, 4.69) is 0 Å². The summed E-state index contributed by atoms with van der Waals surface area (Å²) in [5.74, 6) is -2.20. The van der Waals surface area contributed by atoms with Gasteiger partial charge in [-0.25, -0.2) is 0 Å². The predicted octanol–water partition coefficient (Wildman–Crippen LogP) is -2.08. The van der Waals surface area contributed by atoms with Gasteiger partial charge in [0, 0.05) is 16.8 Å². The van der Waals surface area contributed by atoms with E-state index < -0.39 is 28.4 Å². The number of carboxylic acids is 2.